The summed E-state index contributed by atoms with van der Waals surface area (Å²) in [5.74, 6) is -1.14. The molecule has 0 spiro atoms. The first-order chi connectivity index (χ1) is 15.7. The number of aryl methyl sites for hydroxylation is 2. The summed E-state index contributed by atoms with van der Waals surface area (Å²) < 4.78 is 41.0. The fourth-order valence-electron chi connectivity index (χ4n) is 3.58. The molecule has 0 saturated heterocycles. The molecule has 3 aromatic rings. The third-order valence-corrected chi connectivity index (χ3v) is 5.54. The van der Waals surface area contributed by atoms with Crippen LogP contribution in [0.3, 0.4) is 0 Å². The minimum absolute atomic E-state index is 0.0389. The molecule has 1 aliphatic carbocycles. The quantitative estimate of drug-likeness (QED) is 0.522. The smallest absolute Gasteiger partial charge is 0.326 e. The molecule has 2 amide bonds. The van der Waals surface area contributed by atoms with E-state index in [9.17, 15) is 22.8 Å². The standard InChI is InChI=1S/C24H23F3N4O2/c1-3-17-18(4-2)30-21-11-14(7-9-20(21)29-17)23(33)31-19-10-8-15(12-16(19)24(25,26)27)28-22(32)13-5-6-13/h7-13H,3-6H2,1-2H3,(H,28,32)(H,31,33). The van der Waals surface area contributed by atoms with Gasteiger partial charge in [0.15, 0.2) is 0 Å². The molecule has 172 valence electrons. The van der Waals surface area contributed by atoms with Crippen LogP contribution in [0.25, 0.3) is 11.0 Å². The molecule has 0 atom stereocenters. The maximum absolute atomic E-state index is 13.7. The fraction of sp³-hybridized carbons (Fsp3) is 0.333. The van der Waals surface area contributed by atoms with E-state index in [1.807, 2.05) is 13.8 Å². The lowest BCUT2D eigenvalue weighted by Crippen LogP contribution is -2.18. The predicted octanol–water partition coefficient (Wildman–Crippen LogP) is 5.37. The number of amides is 2. The van der Waals surface area contributed by atoms with Crippen LogP contribution in [0.15, 0.2) is 36.4 Å². The Hall–Kier alpha value is -3.49. The number of carbonyl (C=O) groups is 2. The van der Waals surface area contributed by atoms with Crippen molar-refractivity contribution in [2.75, 3.05) is 10.6 Å². The van der Waals surface area contributed by atoms with E-state index in [-0.39, 0.29) is 23.1 Å². The number of nitrogens with one attached hydrogen (secondary N) is 2. The predicted molar refractivity (Wildman–Crippen MR) is 119 cm³/mol. The van der Waals surface area contributed by atoms with Crippen molar-refractivity contribution in [2.45, 2.75) is 45.7 Å². The van der Waals surface area contributed by atoms with Gasteiger partial charge in [-0.1, -0.05) is 13.8 Å². The van der Waals surface area contributed by atoms with Crippen LogP contribution < -0.4 is 10.6 Å². The second-order valence-corrected chi connectivity index (χ2v) is 8.00. The van der Waals surface area contributed by atoms with Crippen LogP contribution in [0.4, 0.5) is 24.5 Å². The van der Waals surface area contributed by atoms with Crippen LogP contribution in [-0.4, -0.2) is 21.8 Å². The summed E-state index contributed by atoms with van der Waals surface area (Å²) in [6, 6.07) is 7.99. The molecule has 0 unspecified atom stereocenters. The van der Waals surface area contributed by atoms with Gasteiger partial charge in [-0.05, 0) is 62.1 Å². The van der Waals surface area contributed by atoms with Crippen molar-refractivity contribution in [2.24, 2.45) is 5.92 Å². The Labute approximate surface area is 188 Å². The van der Waals surface area contributed by atoms with Crippen molar-refractivity contribution < 1.29 is 22.8 Å². The van der Waals surface area contributed by atoms with Gasteiger partial charge in [0.05, 0.1) is 33.7 Å². The largest absolute Gasteiger partial charge is 0.418 e. The van der Waals surface area contributed by atoms with Gasteiger partial charge in [0.1, 0.15) is 0 Å². The van der Waals surface area contributed by atoms with E-state index in [1.54, 1.807) is 6.07 Å². The third-order valence-electron chi connectivity index (χ3n) is 5.54. The van der Waals surface area contributed by atoms with E-state index < -0.39 is 23.3 Å². The Balaban J connectivity index is 1.61. The van der Waals surface area contributed by atoms with Gasteiger partial charge >= 0.3 is 6.18 Å². The maximum atomic E-state index is 13.7. The lowest BCUT2D eigenvalue weighted by Gasteiger charge is -2.16. The highest BCUT2D eigenvalue weighted by atomic mass is 19.4. The Morgan fingerprint density at radius 3 is 2.21 bits per heavy atom. The average Bonchev–Trinajstić information content (AvgIpc) is 3.63. The highest BCUT2D eigenvalue weighted by Gasteiger charge is 2.35. The molecule has 1 heterocycles. The summed E-state index contributed by atoms with van der Waals surface area (Å²) in [5.41, 5.74) is 1.61. The van der Waals surface area contributed by atoms with Gasteiger partial charge in [0.25, 0.3) is 5.91 Å². The number of benzene rings is 2. The van der Waals surface area contributed by atoms with Crippen LogP contribution in [0.1, 0.15) is 54.0 Å². The topological polar surface area (TPSA) is 84.0 Å². The minimum atomic E-state index is -4.72. The number of hydrogen-bond donors (Lipinski definition) is 2. The first-order valence-corrected chi connectivity index (χ1v) is 10.8. The van der Waals surface area contributed by atoms with Crippen LogP contribution in [-0.2, 0) is 23.8 Å². The lowest BCUT2D eigenvalue weighted by atomic mass is 10.1. The van der Waals surface area contributed by atoms with Gasteiger partial charge in [0.2, 0.25) is 5.91 Å². The zero-order valence-electron chi connectivity index (χ0n) is 18.2. The highest BCUT2D eigenvalue weighted by Crippen LogP contribution is 2.37. The number of halogens is 3. The molecule has 1 aliphatic rings. The molecule has 4 rings (SSSR count). The minimum Gasteiger partial charge on any atom is -0.326 e. The summed E-state index contributed by atoms with van der Waals surface area (Å²) >= 11 is 0. The van der Waals surface area contributed by atoms with Gasteiger partial charge < -0.3 is 10.6 Å². The lowest BCUT2D eigenvalue weighted by molar-refractivity contribution is -0.137. The van der Waals surface area contributed by atoms with Gasteiger partial charge in [-0.15, -0.1) is 0 Å². The van der Waals surface area contributed by atoms with Crippen molar-refractivity contribution in [1.29, 1.82) is 0 Å². The van der Waals surface area contributed by atoms with E-state index in [2.05, 4.69) is 20.6 Å². The summed E-state index contributed by atoms with van der Waals surface area (Å²) in [6.45, 7) is 3.94. The first kappa shape index (κ1) is 22.7. The first-order valence-electron chi connectivity index (χ1n) is 10.8. The normalized spacial score (nSPS) is 13.7. The molecular weight excluding hydrogens is 433 g/mol. The second kappa shape index (κ2) is 8.80. The molecule has 33 heavy (non-hydrogen) atoms. The summed E-state index contributed by atoms with van der Waals surface area (Å²) in [5, 5.41) is 4.85. The van der Waals surface area contributed by atoms with E-state index in [1.165, 1.54) is 18.2 Å². The van der Waals surface area contributed by atoms with Crippen molar-refractivity contribution >= 4 is 34.2 Å². The summed E-state index contributed by atoms with van der Waals surface area (Å²) in [6.07, 6.45) is -1.83. The number of carbonyl (C=O) groups excluding carboxylic acids is 2. The van der Waals surface area contributed by atoms with Crippen molar-refractivity contribution in [3.8, 4) is 0 Å². The SMILES string of the molecule is CCc1nc2ccc(C(=O)Nc3ccc(NC(=O)C4CC4)cc3C(F)(F)F)cc2nc1CC. The van der Waals surface area contributed by atoms with Gasteiger partial charge in [-0.2, -0.15) is 13.2 Å². The molecule has 2 N–H and O–H groups in total. The van der Waals surface area contributed by atoms with Crippen molar-refractivity contribution in [3.63, 3.8) is 0 Å². The molecule has 1 fully saturated rings. The van der Waals surface area contributed by atoms with Crippen LogP contribution >= 0.6 is 0 Å². The highest BCUT2D eigenvalue weighted by molar-refractivity contribution is 6.06. The van der Waals surface area contributed by atoms with Crippen molar-refractivity contribution in [3.05, 3.63) is 58.9 Å². The Morgan fingerprint density at radius 2 is 1.61 bits per heavy atom. The molecule has 0 aliphatic heterocycles. The molecule has 2 aromatic carbocycles. The van der Waals surface area contributed by atoms with Crippen LogP contribution in [0.2, 0.25) is 0 Å². The molecule has 9 heteroatoms. The van der Waals surface area contributed by atoms with Gasteiger partial charge in [-0.25, -0.2) is 9.97 Å². The fourth-order valence-corrected chi connectivity index (χ4v) is 3.58. The Morgan fingerprint density at radius 1 is 0.939 bits per heavy atom. The van der Waals surface area contributed by atoms with Gasteiger partial charge in [-0.3, -0.25) is 9.59 Å². The maximum Gasteiger partial charge on any atom is 0.418 e. The van der Waals surface area contributed by atoms with E-state index >= 15 is 0 Å². The number of rotatable bonds is 6. The average molecular weight is 456 g/mol. The van der Waals surface area contributed by atoms with E-state index in [4.69, 9.17) is 0 Å². The Bertz CT molecular complexity index is 1240. The second-order valence-electron chi connectivity index (χ2n) is 8.00. The van der Waals surface area contributed by atoms with Gasteiger partial charge in [0, 0.05) is 17.2 Å². The molecular formula is C24H23F3N4O2. The van der Waals surface area contributed by atoms with Crippen LogP contribution in [0.5, 0.6) is 0 Å². The van der Waals surface area contributed by atoms with Crippen molar-refractivity contribution in [1.82, 2.24) is 9.97 Å². The van der Waals surface area contributed by atoms with Crippen LogP contribution in [0, 0.1) is 5.92 Å². The van der Waals surface area contributed by atoms with E-state index in [0.29, 0.717) is 17.5 Å². The third kappa shape index (κ3) is 4.97. The number of hydrogen-bond acceptors (Lipinski definition) is 4. The van der Waals surface area contributed by atoms with E-state index in [0.717, 1.165) is 42.8 Å². The molecule has 6 nitrogen and oxygen atoms in total. The molecule has 1 saturated carbocycles. The summed E-state index contributed by atoms with van der Waals surface area (Å²) in [4.78, 5) is 33.8. The molecule has 0 bridgehead atoms. The zero-order valence-corrected chi connectivity index (χ0v) is 18.2. The molecule has 1 aromatic heterocycles. The number of nitrogens with zero attached hydrogens (tertiary/aromatic N) is 2. The number of aromatic nitrogens is 2. The number of anilines is 2. The number of fused-ring (bicyclic) bond motifs is 1. The zero-order chi connectivity index (χ0) is 23.8. The molecule has 0 radical (unpaired) electrons. The number of alkyl halides is 3. The monoisotopic (exact) mass is 456 g/mol. The Kier molecular flexibility index (Phi) is 6.05. The summed E-state index contributed by atoms with van der Waals surface area (Å²) in [7, 11) is 0.